The minimum Gasteiger partial charge on any atom is -0.420 e. The molecule has 2 aromatic heterocycles. The van der Waals surface area contributed by atoms with Crippen molar-refractivity contribution in [1.29, 1.82) is 0 Å². The van der Waals surface area contributed by atoms with Crippen LogP contribution in [0, 0.1) is 23.3 Å². The van der Waals surface area contributed by atoms with Crippen molar-refractivity contribution < 1.29 is 74.5 Å². The summed E-state index contributed by atoms with van der Waals surface area (Å²) >= 11 is 0. The molecule has 4 rings (SSSR count). The second-order valence-electron chi connectivity index (χ2n) is 16.1. The van der Waals surface area contributed by atoms with Gasteiger partial charge in [-0.15, -0.1) is 0 Å². The number of nitrogens with zero attached hydrogens (tertiary/aromatic N) is 3. The first kappa shape index (κ1) is 58.4. The molecule has 70 heavy (non-hydrogen) atoms. The molecular weight excluding hydrogens is 927 g/mol. The number of carbonyl (C=O) groups is 1. The van der Waals surface area contributed by atoms with Gasteiger partial charge in [0.25, 0.3) is 0 Å². The third-order valence-electron chi connectivity index (χ3n) is 10.5. The quantitative estimate of drug-likeness (QED) is 0.0163. The zero-order valence-electron chi connectivity index (χ0n) is 40.9. The molecule has 0 radical (unpaired) electrons. The molecule has 0 bridgehead atoms. The molecule has 0 aliphatic heterocycles. The monoisotopic (exact) mass is 1000 g/mol. The van der Waals surface area contributed by atoms with Crippen molar-refractivity contribution in [1.82, 2.24) is 19.9 Å². The molecule has 0 saturated heterocycles. The van der Waals surface area contributed by atoms with Gasteiger partial charge in [0.1, 0.15) is 11.3 Å². The van der Waals surface area contributed by atoms with Crippen LogP contribution in [0.3, 0.4) is 0 Å². The maximum atomic E-state index is 13.6. The molecule has 21 heteroatoms. The van der Waals surface area contributed by atoms with Gasteiger partial charge in [-0.2, -0.15) is 8.78 Å². The Balaban J connectivity index is 0.803. The van der Waals surface area contributed by atoms with E-state index >= 15 is 0 Å². The van der Waals surface area contributed by atoms with Crippen molar-refractivity contribution in [2.45, 2.75) is 58.3 Å². The minimum absolute atomic E-state index is 0.0204. The summed E-state index contributed by atoms with van der Waals surface area (Å²) in [5.74, 6) is -8.03. The van der Waals surface area contributed by atoms with E-state index in [1.165, 1.54) is 5.56 Å². The molecule has 394 valence electrons. The Labute approximate surface area is 408 Å². The smallest absolute Gasteiger partial charge is 0.313 e. The molecule has 3 N–H and O–H groups in total. The van der Waals surface area contributed by atoms with Crippen molar-refractivity contribution in [2.24, 2.45) is 0 Å². The first-order valence-corrected chi connectivity index (χ1v) is 24.2. The molecule has 0 aliphatic rings. The van der Waals surface area contributed by atoms with Gasteiger partial charge in [-0.25, -0.2) is 18.7 Å². The van der Waals surface area contributed by atoms with Gasteiger partial charge in [0.2, 0.25) is 17.4 Å². The van der Waals surface area contributed by atoms with Crippen LogP contribution in [0.2, 0.25) is 0 Å². The molecule has 0 amide bonds. The van der Waals surface area contributed by atoms with Crippen LogP contribution >= 0.6 is 0 Å². The third kappa shape index (κ3) is 23.4. The molecular formula is C49H73F4N5O12. The maximum Gasteiger partial charge on any atom is 0.313 e. The van der Waals surface area contributed by atoms with Gasteiger partial charge in [-0.05, 0) is 57.0 Å². The lowest BCUT2D eigenvalue weighted by molar-refractivity contribution is -0.136. The van der Waals surface area contributed by atoms with Crippen molar-refractivity contribution in [3.63, 3.8) is 0 Å². The van der Waals surface area contributed by atoms with E-state index in [1.54, 1.807) is 0 Å². The zero-order valence-corrected chi connectivity index (χ0v) is 40.9. The summed E-state index contributed by atoms with van der Waals surface area (Å²) in [6, 6.07) is 6.49. The fourth-order valence-electron chi connectivity index (χ4n) is 6.75. The van der Waals surface area contributed by atoms with Crippen LogP contribution in [0.5, 0.6) is 5.75 Å². The van der Waals surface area contributed by atoms with E-state index in [2.05, 4.69) is 51.8 Å². The van der Waals surface area contributed by atoms with Gasteiger partial charge in [-0.3, -0.25) is 4.79 Å². The number of aromatic amines is 1. The number of hydrogen-bond acceptors (Lipinski definition) is 16. The molecule has 0 aliphatic carbocycles. The lowest BCUT2D eigenvalue weighted by Gasteiger charge is -2.16. The summed E-state index contributed by atoms with van der Waals surface area (Å²) < 4.78 is 113. The number of ether oxygens (including phenoxy) is 11. The number of rotatable bonds is 43. The Kier molecular flexibility index (Phi) is 30.0. The molecule has 0 atom stereocenters. The lowest BCUT2D eigenvalue weighted by atomic mass is 10.0. The predicted molar refractivity (Wildman–Crippen MR) is 254 cm³/mol. The molecule has 2 aromatic carbocycles. The van der Waals surface area contributed by atoms with Crippen LogP contribution in [0.15, 0.2) is 24.3 Å². The fourth-order valence-corrected chi connectivity index (χ4v) is 6.75. The van der Waals surface area contributed by atoms with Crippen molar-refractivity contribution in [2.75, 3.05) is 158 Å². The van der Waals surface area contributed by atoms with E-state index in [9.17, 15) is 22.4 Å². The highest BCUT2D eigenvalue weighted by molar-refractivity contribution is 6.06. The molecule has 0 saturated carbocycles. The number of nitrogen functional groups attached to an aromatic ring is 1. The average molecular weight is 1000 g/mol. The number of nitrogens with two attached hydrogens (primary N) is 1. The Hall–Kier alpha value is -4.13. The Bertz CT molecular complexity index is 2030. The second-order valence-corrected chi connectivity index (χ2v) is 16.1. The number of hydrogen-bond donors (Lipinski definition) is 2. The number of unbranched alkanes of at least 4 members (excludes halogenated alkanes) is 3. The van der Waals surface area contributed by atoms with Crippen molar-refractivity contribution >= 4 is 33.7 Å². The number of aromatic nitrogens is 3. The summed E-state index contributed by atoms with van der Waals surface area (Å²) in [7, 11) is 2.13. The second kappa shape index (κ2) is 35.9. The summed E-state index contributed by atoms with van der Waals surface area (Å²) in [5, 5.41) is 1.09. The molecule has 17 nitrogen and oxygen atoms in total. The third-order valence-corrected chi connectivity index (χ3v) is 10.5. The van der Waals surface area contributed by atoms with Crippen LogP contribution in [0.1, 0.15) is 56.8 Å². The van der Waals surface area contributed by atoms with Crippen LogP contribution in [0.4, 0.5) is 23.4 Å². The summed E-state index contributed by atoms with van der Waals surface area (Å²) in [6.07, 6.45) is 7.18. The Morgan fingerprint density at radius 1 is 0.586 bits per heavy atom. The lowest BCUT2D eigenvalue weighted by Crippen LogP contribution is -2.25. The molecule has 4 aromatic rings. The minimum atomic E-state index is -1.79. The number of imidazole rings is 1. The van der Waals surface area contributed by atoms with E-state index in [4.69, 9.17) is 58.1 Å². The predicted octanol–water partition coefficient (Wildman–Crippen LogP) is 6.40. The standard InChI is InChI=1S/C49H73F4N5O12/c1-3-4-9-42-56-46-38-35-37(10-11-41(38)55-49(54)47(46)57-42)8-6-5-7-13-58(2)14-16-61-18-20-63-22-24-65-26-28-67-30-32-69-34-33-68-31-29-66-27-25-64-23-21-62-19-17-60-15-12-43(59)70-48-44(52)39(50)36-40(51)45(48)53/h10-11,35-36H,3-9,12-34H2,1-2H3,(H2,54,55)(H,56,57). The molecule has 0 unspecified atom stereocenters. The molecule has 2 heterocycles. The van der Waals surface area contributed by atoms with E-state index in [1.807, 2.05) is 0 Å². The normalized spacial score (nSPS) is 11.8. The zero-order chi connectivity index (χ0) is 50.0. The maximum absolute atomic E-state index is 13.6. The fraction of sp³-hybridized carbons (Fsp3) is 0.653. The van der Waals surface area contributed by atoms with Crippen LogP contribution in [-0.4, -0.2) is 178 Å². The number of benzene rings is 2. The first-order chi connectivity index (χ1) is 34.2. The Morgan fingerprint density at radius 2 is 1.07 bits per heavy atom. The van der Waals surface area contributed by atoms with Gasteiger partial charge >= 0.3 is 5.97 Å². The number of nitrogens with one attached hydrogen (secondary N) is 1. The number of halogens is 4. The van der Waals surface area contributed by atoms with Gasteiger partial charge in [0.05, 0.1) is 150 Å². The summed E-state index contributed by atoms with van der Waals surface area (Å²) in [4.78, 5) is 26.9. The highest BCUT2D eigenvalue weighted by atomic mass is 19.2. The van der Waals surface area contributed by atoms with Crippen LogP contribution in [-0.2, 0) is 65.0 Å². The summed E-state index contributed by atoms with van der Waals surface area (Å²) in [5.41, 5.74) is 10.2. The number of carbonyl (C=O) groups excluding carboxylic acids is 1. The van der Waals surface area contributed by atoms with E-state index in [0.717, 1.165) is 85.8 Å². The van der Waals surface area contributed by atoms with Crippen LogP contribution in [0.25, 0.3) is 21.9 Å². The highest BCUT2D eigenvalue weighted by Gasteiger charge is 2.23. The van der Waals surface area contributed by atoms with E-state index in [0.29, 0.717) is 118 Å². The number of pyridine rings is 1. The topological polar surface area (TPSA) is 189 Å². The first-order valence-electron chi connectivity index (χ1n) is 24.2. The summed E-state index contributed by atoms with van der Waals surface area (Å²) in [6.45, 7) is 12.0. The molecule has 0 fully saturated rings. The largest absolute Gasteiger partial charge is 0.420 e. The number of H-pyrrole nitrogens is 1. The van der Waals surface area contributed by atoms with E-state index < -0.39 is 41.4 Å². The number of esters is 1. The van der Waals surface area contributed by atoms with Gasteiger partial charge in [-0.1, -0.05) is 25.8 Å². The SMILES string of the molecule is CCCCc1nc2c(N)nc3ccc(CCCCCN(C)CCOCCOCCOCCOCCOCCOCCOCCOCCOCCOCCC(=O)Oc4c(F)c(F)cc(F)c4F)cc3c2[nH]1. The number of aryl methyl sites for hydroxylation is 2. The number of fused-ring (bicyclic) bond motifs is 3. The number of anilines is 1. The van der Waals surface area contributed by atoms with Crippen molar-refractivity contribution in [3.8, 4) is 5.75 Å². The van der Waals surface area contributed by atoms with Crippen molar-refractivity contribution in [3.05, 3.63) is 58.9 Å². The van der Waals surface area contributed by atoms with Gasteiger partial charge in [0, 0.05) is 24.4 Å². The number of likely N-dealkylation sites (N-methyl/N-ethyl adjacent to an activating group) is 1. The Morgan fingerprint density at radius 3 is 1.57 bits per heavy atom. The van der Waals surface area contributed by atoms with E-state index in [-0.39, 0.29) is 25.9 Å². The van der Waals surface area contributed by atoms with Gasteiger partial charge < -0.3 is 67.7 Å². The van der Waals surface area contributed by atoms with Crippen LogP contribution < -0.4 is 10.5 Å². The average Bonchev–Trinajstić information content (AvgIpc) is 3.80. The highest BCUT2D eigenvalue weighted by Crippen LogP contribution is 2.29. The molecule has 0 spiro atoms. The van der Waals surface area contributed by atoms with Gasteiger partial charge in [0.15, 0.2) is 17.5 Å².